The molecule has 1 N–H and O–H groups in total. The molecular formula is C19H20ClN5O2S. The first-order valence-electron chi connectivity index (χ1n) is 9.18. The van der Waals surface area contributed by atoms with E-state index in [9.17, 15) is 9.59 Å². The summed E-state index contributed by atoms with van der Waals surface area (Å²) in [4.78, 5) is 32.2. The number of aromatic nitrogens is 3. The van der Waals surface area contributed by atoms with E-state index in [1.54, 1.807) is 12.1 Å². The van der Waals surface area contributed by atoms with E-state index in [0.29, 0.717) is 15.9 Å². The Morgan fingerprint density at radius 2 is 2.29 bits per heavy atom. The van der Waals surface area contributed by atoms with Gasteiger partial charge in [-0.1, -0.05) is 42.0 Å². The molecule has 3 aromatic rings. The van der Waals surface area contributed by atoms with E-state index >= 15 is 0 Å². The van der Waals surface area contributed by atoms with Gasteiger partial charge in [0.2, 0.25) is 10.1 Å². The van der Waals surface area contributed by atoms with Crippen molar-refractivity contribution < 1.29 is 4.79 Å². The first kappa shape index (κ1) is 18.9. The highest BCUT2D eigenvalue weighted by molar-refractivity contribution is 7.20. The van der Waals surface area contributed by atoms with Crippen molar-refractivity contribution in [2.75, 3.05) is 18.0 Å². The first-order chi connectivity index (χ1) is 13.5. The smallest absolute Gasteiger partial charge is 0.288 e. The van der Waals surface area contributed by atoms with Crippen LogP contribution in [0.3, 0.4) is 0 Å². The van der Waals surface area contributed by atoms with Crippen LogP contribution in [0.25, 0.3) is 4.96 Å². The molecule has 1 saturated heterocycles. The number of halogens is 1. The molecule has 1 aliphatic rings. The van der Waals surface area contributed by atoms with Gasteiger partial charge in [0, 0.05) is 30.9 Å². The quantitative estimate of drug-likeness (QED) is 0.705. The van der Waals surface area contributed by atoms with Crippen molar-refractivity contribution in [1.29, 1.82) is 0 Å². The Bertz CT molecular complexity index is 1080. The number of fused-ring (bicyclic) bond motifs is 1. The number of amides is 1. The minimum absolute atomic E-state index is 0.0246. The number of benzene rings is 1. The zero-order valence-electron chi connectivity index (χ0n) is 15.4. The molecule has 1 amide bonds. The van der Waals surface area contributed by atoms with E-state index in [-0.39, 0.29) is 12.1 Å². The summed E-state index contributed by atoms with van der Waals surface area (Å²) in [5, 5.41) is 8.54. The Kier molecular flexibility index (Phi) is 5.32. The number of carbonyl (C=O) groups is 1. The van der Waals surface area contributed by atoms with E-state index in [0.717, 1.165) is 30.2 Å². The number of hydrogen-bond acceptors (Lipinski definition) is 6. The predicted molar refractivity (Wildman–Crippen MR) is 110 cm³/mol. The molecule has 0 saturated carbocycles. The fraction of sp³-hybridized carbons (Fsp3) is 0.368. The minimum atomic E-state index is -0.479. The van der Waals surface area contributed by atoms with Gasteiger partial charge in [-0.05, 0) is 36.5 Å². The van der Waals surface area contributed by atoms with Gasteiger partial charge in [-0.3, -0.25) is 9.59 Å². The summed E-state index contributed by atoms with van der Waals surface area (Å²) in [5.41, 5.74) is 0.370. The first-order valence-corrected chi connectivity index (χ1v) is 10.4. The molecule has 1 aromatic carbocycles. The summed E-state index contributed by atoms with van der Waals surface area (Å²) in [7, 11) is 0. The van der Waals surface area contributed by atoms with E-state index in [2.05, 4.69) is 27.2 Å². The van der Waals surface area contributed by atoms with Gasteiger partial charge in [-0.25, -0.2) is 4.98 Å². The second-order valence-corrected chi connectivity index (χ2v) is 8.43. The Morgan fingerprint density at radius 1 is 1.43 bits per heavy atom. The monoisotopic (exact) mass is 417 g/mol. The Hall–Kier alpha value is -2.45. The highest BCUT2D eigenvalue weighted by Gasteiger charge is 2.22. The predicted octanol–water partition coefficient (Wildman–Crippen LogP) is 2.97. The summed E-state index contributed by atoms with van der Waals surface area (Å²) in [6, 6.07) is 7.19. The molecule has 0 spiro atoms. The molecular weight excluding hydrogens is 398 g/mol. The van der Waals surface area contributed by atoms with Crippen molar-refractivity contribution in [3.8, 4) is 0 Å². The SMILES string of the molecule is CC1CCCN(c2nn3c(=O)c(C(=O)NCc4cccc(Cl)c4)cnc3s2)C1. The van der Waals surface area contributed by atoms with Crippen molar-refractivity contribution in [2.45, 2.75) is 26.3 Å². The highest BCUT2D eigenvalue weighted by Crippen LogP contribution is 2.26. The third kappa shape index (κ3) is 3.88. The molecule has 7 nitrogen and oxygen atoms in total. The van der Waals surface area contributed by atoms with E-state index in [1.807, 2.05) is 12.1 Å². The molecule has 28 heavy (non-hydrogen) atoms. The average molecular weight is 418 g/mol. The number of carbonyl (C=O) groups excluding carboxylic acids is 1. The normalized spacial score (nSPS) is 17.1. The fourth-order valence-electron chi connectivity index (χ4n) is 3.35. The van der Waals surface area contributed by atoms with E-state index < -0.39 is 11.5 Å². The van der Waals surface area contributed by atoms with E-state index in [4.69, 9.17) is 11.6 Å². The van der Waals surface area contributed by atoms with Gasteiger partial charge >= 0.3 is 0 Å². The van der Waals surface area contributed by atoms with Crippen molar-refractivity contribution in [2.24, 2.45) is 5.92 Å². The largest absolute Gasteiger partial charge is 0.348 e. The second kappa shape index (κ2) is 7.89. The lowest BCUT2D eigenvalue weighted by Gasteiger charge is -2.30. The van der Waals surface area contributed by atoms with Crippen LogP contribution in [0, 0.1) is 5.92 Å². The molecule has 4 rings (SSSR count). The number of piperidine rings is 1. The van der Waals surface area contributed by atoms with Crippen LogP contribution >= 0.6 is 22.9 Å². The van der Waals surface area contributed by atoms with Crippen molar-refractivity contribution in [1.82, 2.24) is 19.9 Å². The van der Waals surface area contributed by atoms with Gasteiger partial charge in [0.15, 0.2) is 0 Å². The van der Waals surface area contributed by atoms with Crippen LogP contribution in [-0.4, -0.2) is 33.6 Å². The zero-order chi connectivity index (χ0) is 19.7. The van der Waals surface area contributed by atoms with Gasteiger partial charge in [-0.15, -0.1) is 5.10 Å². The molecule has 9 heteroatoms. The van der Waals surface area contributed by atoms with Crippen LogP contribution < -0.4 is 15.8 Å². The van der Waals surface area contributed by atoms with Crippen molar-refractivity contribution >= 4 is 38.9 Å². The summed E-state index contributed by atoms with van der Waals surface area (Å²) >= 11 is 7.33. The topological polar surface area (TPSA) is 79.6 Å². The van der Waals surface area contributed by atoms with Crippen molar-refractivity contribution in [3.63, 3.8) is 0 Å². The van der Waals surface area contributed by atoms with Gasteiger partial charge in [0.05, 0.1) is 0 Å². The average Bonchev–Trinajstić information content (AvgIpc) is 3.12. The number of anilines is 1. The summed E-state index contributed by atoms with van der Waals surface area (Å²) in [5.74, 6) is 0.117. The molecule has 0 aliphatic carbocycles. The highest BCUT2D eigenvalue weighted by atomic mass is 35.5. The lowest BCUT2D eigenvalue weighted by molar-refractivity contribution is 0.0948. The molecule has 1 atom stereocenters. The minimum Gasteiger partial charge on any atom is -0.348 e. The number of rotatable bonds is 4. The van der Waals surface area contributed by atoms with Crippen LogP contribution in [0.15, 0.2) is 35.3 Å². The molecule has 1 fully saturated rings. The summed E-state index contributed by atoms with van der Waals surface area (Å²) < 4.78 is 1.23. The Balaban J connectivity index is 1.55. The molecule has 2 aromatic heterocycles. The number of hydrogen-bond donors (Lipinski definition) is 1. The maximum absolute atomic E-state index is 12.8. The maximum Gasteiger partial charge on any atom is 0.288 e. The third-order valence-corrected chi connectivity index (χ3v) is 6.01. The fourth-order valence-corrected chi connectivity index (χ4v) is 4.46. The zero-order valence-corrected chi connectivity index (χ0v) is 17.0. The van der Waals surface area contributed by atoms with Crippen LogP contribution in [0.2, 0.25) is 5.02 Å². The van der Waals surface area contributed by atoms with Gasteiger partial charge in [-0.2, -0.15) is 4.52 Å². The maximum atomic E-state index is 12.8. The van der Waals surface area contributed by atoms with Gasteiger partial charge < -0.3 is 10.2 Å². The lowest BCUT2D eigenvalue weighted by Crippen LogP contribution is -2.34. The molecule has 0 bridgehead atoms. The lowest BCUT2D eigenvalue weighted by atomic mass is 10.0. The Labute approximate surface area is 171 Å². The van der Waals surface area contributed by atoms with E-state index in [1.165, 1.54) is 28.5 Å². The van der Waals surface area contributed by atoms with Gasteiger partial charge in [0.25, 0.3) is 11.5 Å². The summed E-state index contributed by atoms with van der Waals surface area (Å²) in [6.45, 7) is 4.33. The Morgan fingerprint density at radius 3 is 3.07 bits per heavy atom. The van der Waals surface area contributed by atoms with Gasteiger partial charge in [0.1, 0.15) is 5.56 Å². The second-order valence-electron chi connectivity index (χ2n) is 7.06. The molecule has 0 radical (unpaired) electrons. The standard InChI is InChI=1S/C19H20ClN5O2S/c1-12-4-3-7-24(11-12)19-23-25-17(27)15(10-22-18(25)28-19)16(26)21-9-13-5-2-6-14(20)8-13/h2,5-6,8,10,12H,3-4,7,9,11H2,1H3,(H,21,26). The molecule has 3 heterocycles. The number of nitrogens with zero attached hydrogens (tertiary/aromatic N) is 4. The van der Waals surface area contributed by atoms with Crippen LogP contribution in [0.4, 0.5) is 5.13 Å². The van der Waals surface area contributed by atoms with Crippen LogP contribution in [-0.2, 0) is 6.54 Å². The molecule has 146 valence electrons. The third-order valence-electron chi connectivity index (χ3n) is 4.79. The number of nitrogens with one attached hydrogen (secondary N) is 1. The van der Waals surface area contributed by atoms with Crippen LogP contribution in [0.5, 0.6) is 0 Å². The summed E-state index contributed by atoms with van der Waals surface area (Å²) in [6.07, 6.45) is 3.64. The molecule has 1 unspecified atom stereocenters. The van der Waals surface area contributed by atoms with Crippen molar-refractivity contribution in [3.05, 3.63) is 57.0 Å². The van der Waals surface area contributed by atoms with Crippen LogP contribution in [0.1, 0.15) is 35.7 Å². The molecule has 1 aliphatic heterocycles.